The molecule has 1 aliphatic heterocycles. The van der Waals surface area contributed by atoms with Gasteiger partial charge in [-0.25, -0.2) is 9.59 Å². The second-order valence-corrected chi connectivity index (χ2v) is 2.68. The van der Waals surface area contributed by atoms with Gasteiger partial charge in [0.25, 0.3) is 0 Å². The predicted molar refractivity (Wildman–Crippen MR) is 36.8 cm³/mol. The quantitative estimate of drug-likeness (QED) is 0.484. The van der Waals surface area contributed by atoms with Crippen LogP contribution in [0.1, 0.15) is 6.42 Å². The Labute approximate surface area is 68.0 Å². The number of hydrogen-bond acceptors (Lipinski definition) is 3. The molecule has 0 aromatic carbocycles. The molecule has 68 valence electrons. The molecular formula is C6H9NO5. The van der Waals surface area contributed by atoms with Gasteiger partial charge in [-0.15, -0.1) is 0 Å². The lowest BCUT2D eigenvalue weighted by Gasteiger charge is -2.16. The molecule has 2 atom stereocenters. The van der Waals surface area contributed by atoms with Crippen LogP contribution in [-0.4, -0.2) is 51.0 Å². The minimum Gasteiger partial charge on any atom is -0.480 e. The topological polar surface area (TPSA) is 98.1 Å². The number of carboxylic acid groups (broad SMARTS) is 2. The number of amides is 1. The van der Waals surface area contributed by atoms with Crippen molar-refractivity contribution in [1.29, 1.82) is 0 Å². The summed E-state index contributed by atoms with van der Waals surface area (Å²) < 4.78 is 0. The van der Waals surface area contributed by atoms with E-state index in [1.807, 2.05) is 0 Å². The maximum absolute atomic E-state index is 10.4. The molecule has 1 rings (SSSR count). The van der Waals surface area contributed by atoms with E-state index in [9.17, 15) is 9.59 Å². The van der Waals surface area contributed by atoms with Crippen LogP contribution in [0.2, 0.25) is 0 Å². The molecule has 1 fully saturated rings. The summed E-state index contributed by atoms with van der Waals surface area (Å²) in [5, 5.41) is 26.0. The Morgan fingerprint density at radius 2 is 1.92 bits per heavy atom. The van der Waals surface area contributed by atoms with Crippen molar-refractivity contribution >= 4 is 12.1 Å². The van der Waals surface area contributed by atoms with Gasteiger partial charge >= 0.3 is 12.1 Å². The van der Waals surface area contributed by atoms with Crippen LogP contribution in [-0.2, 0) is 4.79 Å². The molecule has 1 aliphatic rings. The van der Waals surface area contributed by atoms with Crippen LogP contribution >= 0.6 is 0 Å². The van der Waals surface area contributed by atoms with Crippen LogP contribution in [0, 0.1) is 0 Å². The molecule has 6 heteroatoms. The van der Waals surface area contributed by atoms with Gasteiger partial charge in [0.1, 0.15) is 6.04 Å². The first-order valence-electron chi connectivity index (χ1n) is 3.43. The molecule has 12 heavy (non-hydrogen) atoms. The summed E-state index contributed by atoms with van der Waals surface area (Å²) in [6.07, 6.45) is -2.19. The van der Waals surface area contributed by atoms with Crippen molar-refractivity contribution in [2.75, 3.05) is 6.54 Å². The van der Waals surface area contributed by atoms with E-state index in [2.05, 4.69) is 0 Å². The third kappa shape index (κ3) is 1.48. The number of aliphatic hydroxyl groups excluding tert-OH is 1. The number of carbonyl (C=O) groups is 2. The summed E-state index contributed by atoms with van der Waals surface area (Å²) >= 11 is 0. The number of rotatable bonds is 1. The van der Waals surface area contributed by atoms with Crippen molar-refractivity contribution in [2.24, 2.45) is 0 Å². The predicted octanol–water partition coefficient (Wildman–Crippen LogP) is -0.816. The van der Waals surface area contributed by atoms with Crippen molar-refractivity contribution in [2.45, 2.75) is 18.6 Å². The van der Waals surface area contributed by atoms with E-state index in [-0.39, 0.29) is 13.0 Å². The average molecular weight is 175 g/mol. The third-order valence-corrected chi connectivity index (χ3v) is 1.81. The first-order chi connectivity index (χ1) is 5.52. The molecule has 1 unspecified atom stereocenters. The molecule has 0 aromatic rings. The van der Waals surface area contributed by atoms with E-state index in [1.165, 1.54) is 0 Å². The zero-order valence-electron chi connectivity index (χ0n) is 6.17. The van der Waals surface area contributed by atoms with Gasteiger partial charge in [0, 0.05) is 6.42 Å². The fourth-order valence-corrected chi connectivity index (χ4v) is 1.26. The fourth-order valence-electron chi connectivity index (χ4n) is 1.26. The molecular weight excluding hydrogens is 166 g/mol. The van der Waals surface area contributed by atoms with Crippen molar-refractivity contribution in [3.8, 4) is 0 Å². The molecule has 6 nitrogen and oxygen atoms in total. The lowest BCUT2D eigenvalue weighted by atomic mass is 10.2. The Morgan fingerprint density at radius 3 is 2.25 bits per heavy atom. The van der Waals surface area contributed by atoms with Gasteiger partial charge in [0.2, 0.25) is 0 Å². The molecule has 1 heterocycles. The zero-order chi connectivity index (χ0) is 9.30. The zero-order valence-corrected chi connectivity index (χ0v) is 6.17. The number of β-amino-alcohol motifs (C(OH)–C–C–N with tert-alkyl or cyclic N) is 1. The molecule has 1 amide bonds. The van der Waals surface area contributed by atoms with Crippen LogP contribution in [0.25, 0.3) is 0 Å². The molecule has 0 aliphatic carbocycles. The Bertz CT molecular complexity index is 194. The van der Waals surface area contributed by atoms with E-state index in [0.717, 1.165) is 4.90 Å². The summed E-state index contributed by atoms with van der Waals surface area (Å²) in [7, 11) is 0. The first kappa shape index (κ1) is 8.79. The van der Waals surface area contributed by atoms with Crippen LogP contribution in [0.5, 0.6) is 0 Å². The summed E-state index contributed by atoms with van der Waals surface area (Å²) in [5.74, 6) is -1.21. The Hall–Kier alpha value is -1.30. The lowest BCUT2D eigenvalue weighted by molar-refractivity contribution is -0.141. The molecule has 0 spiro atoms. The van der Waals surface area contributed by atoms with Crippen molar-refractivity contribution in [1.82, 2.24) is 4.90 Å². The van der Waals surface area contributed by atoms with Gasteiger partial charge in [-0.3, -0.25) is 4.90 Å². The highest BCUT2D eigenvalue weighted by molar-refractivity contribution is 5.80. The lowest BCUT2D eigenvalue weighted by Crippen LogP contribution is -2.39. The first-order valence-corrected chi connectivity index (χ1v) is 3.43. The molecule has 0 aromatic heterocycles. The minimum atomic E-state index is -1.31. The normalized spacial score (nSPS) is 28.9. The number of aliphatic carboxylic acids is 1. The van der Waals surface area contributed by atoms with Gasteiger partial charge in [0.05, 0.1) is 12.6 Å². The van der Waals surface area contributed by atoms with E-state index in [4.69, 9.17) is 15.3 Å². The van der Waals surface area contributed by atoms with Gasteiger partial charge < -0.3 is 15.3 Å². The summed E-state index contributed by atoms with van der Waals surface area (Å²) in [6, 6.07) is -1.10. The number of nitrogens with zero attached hydrogens (tertiary/aromatic N) is 1. The summed E-state index contributed by atoms with van der Waals surface area (Å²) in [6.45, 7) is -0.119. The van der Waals surface area contributed by atoms with E-state index in [1.54, 1.807) is 0 Å². The highest BCUT2D eigenvalue weighted by Gasteiger charge is 2.38. The van der Waals surface area contributed by atoms with Crippen LogP contribution in [0.3, 0.4) is 0 Å². The molecule has 3 N–H and O–H groups in total. The van der Waals surface area contributed by atoms with Gasteiger partial charge in [-0.05, 0) is 0 Å². The number of carboxylic acids is 1. The molecule has 0 radical (unpaired) electrons. The summed E-state index contributed by atoms with van der Waals surface area (Å²) in [4.78, 5) is 21.6. The van der Waals surface area contributed by atoms with E-state index < -0.39 is 24.2 Å². The highest BCUT2D eigenvalue weighted by Crippen LogP contribution is 2.17. The van der Waals surface area contributed by atoms with Crippen molar-refractivity contribution in [3.63, 3.8) is 0 Å². The average Bonchev–Trinajstić information content (AvgIpc) is 2.31. The second kappa shape index (κ2) is 2.98. The van der Waals surface area contributed by atoms with Gasteiger partial charge in [-0.1, -0.05) is 0 Å². The monoisotopic (exact) mass is 175 g/mol. The molecule has 1 saturated heterocycles. The van der Waals surface area contributed by atoms with Gasteiger partial charge in [0.15, 0.2) is 0 Å². The third-order valence-electron chi connectivity index (χ3n) is 1.81. The maximum Gasteiger partial charge on any atom is 0.408 e. The largest absolute Gasteiger partial charge is 0.480 e. The number of aliphatic hydroxyl groups is 1. The Kier molecular flexibility index (Phi) is 2.18. The number of hydrogen-bond donors (Lipinski definition) is 3. The van der Waals surface area contributed by atoms with Gasteiger partial charge in [-0.2, -0.15) is 0 Å². The standard InChI is InChI=1S/C6H9NO5/c8-3-1-4(5(9)10)7(2-3)6(11)12/h3-4,8H,1-2H2,(H,9,10)(H,11,12)/t3?,4-/m0/s1. The highest BCUT2D eigenvalue weighted by atomic mass is 16.4. The summed E-state index contributed by atoms with van der Waals surface area (Å²) in [5.41, 5.74) is 0. The van der Waals surface area contributed by atoms with Crippen molar-refractivity contribution in [3.05, 3.63) is 0 Å². The van der Waals surface area contributed by atoms with E-state index in [0.29, 0.717) is 0 Å². The second-order valence-electron chi connectivity index (χ2n) is 2.68. The molecule has 0 bridgehead atoms. The van der Waals surface area contributed by atoms with Crippen LogP contribution < -0.4 is 0 Å². The molecule has 0 saturated carbocycles. The van der Waals surface area contributed by atoms with Crippen LogP contribution in [0.4, 0.5) is 4.79 Å². The fraction of sp³-hybridized carbons (Fsp3) is 0.667. The SMILES string of the molecule is O=C(O)[C@@H]1CC(O)CN1C(=O)O. The Morgan fingerprint density at radius 1 is 1.33 bits per heavy atom. The maximum atomic E-state index is 10.4. The smallest absolute Gasteiger partial charge is 0.408 e. The van der Waals surface area contributed by atoms with Crippen LogP contribution in [0.15, 0.2) is 0 Å². The van der Waals surface area contributed by atoms with Crippen molar-refractivity contribution < 1.29 is 24.9 Å². The van der Waals surface area contributed by atoms with E-state index >= 15 is 0 Å². The number of likely N-dealkylation sites (tertiary alicyclic amines) is 1. The minimum absolute atomic E-state index is 0.0262. The Balaban J connectivity index is 2.72.